The Bertz CT molecular complexity index is 309. The molecule has 1 heterocycles. The summed E-state index contributed by atoms with van der Waals surface area (Å²) in [6, 6.07) is 0. The molecule has 1 rings (SSSR count). The van der Waals surface area contributed by atoms with E-state index >= 15 is 0 Å². The third kappa shape index (κ3) is 10.7. The van der Waals surface area contributed by atoms with E-state index in [4.69, 9.17) is 18.9 Å². The lowest BCUT2D eigenvalue weighted by molar-refractivity contribution is 0.00910. The van der Waals surface area contributed by atoms with Crippen LogP contribution in [0.4, 0.5) is 0 Å². The van der Waals surface area contributed by atoms with Gasteiger partial charge in [-0.15, -0.1) is 0 Å². The summed E-state index contributed by atoms with van der Waals surface area (Å²) in [5, 5.41) is 0. The van der Waals surface area contributed by atoms with Crippen LogP contribution in [0.25, 0.3) is 0 Å². The van der Waals surface area contributed by atoms with Crippen molar-refractivity contribution in [2.24, 2.45) is 0 Å². The average molecular weight is 329 g/mol. The summed E-state index contributed by atoms with van der Waals surface area (Å²) >= 11 is 0. The summed E-state index contributed by atoms with van der Waals surface area (Å²) < 4.78 is 23.1. The molecule has 23 heavy (non-hydrogen) atoms. The molecule has 0 aromatic rings. The molecule has 0 bridgehead atoms. The minimum Gasteiger partial charge on any atom is -0.497 e. The lowest BCUT2D eigenvalue weighted by Gasteiger charge is -2.18. The Morgan fingerprint density at radius 2 is 1.78 bits per heavy atom. The highest BCUT2D eigenvalue weighted by atomic mass is 16.5. The summed E-state index contributed by atoms with van der Waals surface area (Å²) in [7, 11) is 2.09. The quantitative estimate of drug-likeness (QED) is 0.796. The van der Waals surface area contributed by atoms with Crippen molar-refractivity contribution in [3.63, 3.8) is 0 Å². The number of nitrogens with zero attached hydrogens (tertiary/aromatic N) is 1. The third-order valence-corrected chi connectivity index (χ3v) is 3.94. The SMILES string of the molecule is CCCC1CCOCCOCCN(C)CCO/C(CC)=C/CO1. The van der Waals surface area contributed by atoms with E-state index in [1.54, 1.807) is 0 Å². The summed E-state index contributed by atoms with van der Waals surface area (Å²) in [6.45, 7) is 10.2. The van der Waals surface area contributed by atoms with E-state index in [0.29, 0.717) is 26.4 Å². The highest BCUT2D eigenvalue weighted by Gasteiger charge is 2.08. The predicted octanol–water partition coefficient (Wildman–Crippen LogP) is 2.85. The van der Waals surface area contributed by atoms with Crippen molar-refractivity contribution in [3.05, 3.63) is 11.8 Å². The van der Waals surface area contributed by atoms with E-state index < -0.39 is 0 Å². The maximum absolute atomic E-state index is 5.98. The molecule has 136 valence electrons. The maximum Gasteiger partial charge on any atom is 0.100 e. The highest BCUT2D eigenvalue weighted by Crippen LogP contribution is 2.09. The van der Waals surface area contributed by atoms with Crippen LogP contribution in [0.3, 0.4) is 0 Å². The molecular formula is C18H35NO4. The van der Waals surface area contributed by atoms with E-state index in [-0.39, 0.29) is 6.10 Å². The first-order valence-corrected chi connectivity index (χ1v) is 9.03. The number of likely N-dealkylation sites (N-methyl/N-ethyl adjacent to an activating group) is 1. The summed E-state index contributed by atoms with van der Waals surface area (Å²) in [5.41, 5.74) is 0. The molecule has 1 atom stereocenters. The Labute approximate surface area is 141 Å². The zero-order valence-corrected chi connectivity index (χ0v) is 15.2. The fourth-order valence-corrected chi connectivity index (χ4v) is 2.42. The van der Waals surface area contributed by atoms with Crippen LogP contribution in [0.2, 0.25) is 0 Å². The molecule has 5 heteroatoms. The van der Waals surface area contributed by atoms with Gasteiger partial charge in [-0.2, -0.15) is 0 Å². The number of ether oxygens (including phenoxy) is 4. The van der Waals surface area contributed by atoms with Crippen LogP contribution in [0.1, 0.15) is 39.5 Å². The first-order chi connectivity index (χ1) is 11.3. The Morgan fingerprint density at radius 3 is 2.52 bits per heavy atom. The lowest BCUT2D eigenvalue weighted by atomic mass is 10.1. The summed E-state index contributed by atoms with van der Waals surface area (Å²) in [5.74, 6) is 1.02. The van der Waals surface area contributed by atoms with Crippen LogP contribution in [-0.2, 0) is 18.9 Å². The van der Waals surface area contributed by atoms with E-state index in [1.165, 1.54) is 0 Å². The van der Waals surface area contributed by atoms with Crippen LogP contribution < -0.4 is 0 Å². The minimum atomic E-state index is 0.261. The zero-order valence-electron chi connectivity index (χ0n) is 15.2. The molecule has 1 aliphatic heterocycles. The largest absolute Gasteiger partial charge is 0.497 e. The second-order valence-electron chi connectivity index (χ2n) is 5.93. The van der Waals surface area contributed by atoms with Gasteiger partial charge >= 0.3 is 0 Å². The molecule has 0 radical (unpaired) electrons. The van der Waals surface area contributed by atoms with Crippen molar-refractivity contribution >= 4 is 0 Å². The fourth-order valence-electron chi connectivity index (χ4n) is 2.42. The monoisotopic (exact) mass is 329 g/mol. The van der Waals surface area contributed by atoms with Crippen molar-refractivity contribution in [2.45, 2.75) is 45.6 Å². The second-order valence-corrected chi connectivity index (χ2v) is 5.93. The van der Waals surface area contributed by atoms with Crippen LogP contribution >= 0.6 is 0 Å². The van der Waals surface area contributed by atoms with Gasteiger partial charge in [0.25, 0.3) is 0 Å². The molecule has 0 aromatic heterocycles. The second kappa shape index (κ2) is 13.8. The van der Waals surface area contributed by atoms with Crippen LogP contribution in [0.15, 0.2) is 11.8 Å². The van der Waals surface area contributed by atoms with Gasteiger partial charge in [-0.1, -0.05) is 20.3 Å². The molecule has 0 aliphatic carbocycles. The molecular weight excluding hydrogens is 294 g/mol. The molecule has 0 spiro atoms. The molecule has 1 unspecified atom stereocenters. The Balaban J connectivity index is 2.48. The van der Waals surface area contributed by atoms with Crippen molar-refractivity contribution < 1.29 is 18.9 Å². The van der Waals surface area contributed by atoms with Crippen LogP contribution in [-0.4, -0.2) is 70.8 Å². The van der Waals surface area contributed by atoms with Gasteiger partial charge < -0.3 is 23.8 Å². The molecule has 0 N–H and O–H groups in total. The van der Waals surface area contributed by atoms with Gasteiger partial charge in [0.15, 0.2) is 0 Å². The summed E-state index contributed by atoms with van der Waals surface area (Å²) in [6.07, 6.45) is 6.37. The van der Waals surface area contributed by atoms with Gasteiger partial charge in [0.05, 0.1) is 38.3 Å². The molecule has 0 amide bonds. The standard InChI is InChI=1S/C18H35NO4/c1-4-6-18-7-11-20-15-16-21-13-9-19(3)10-14-23-17(5-2)8-12-22-18/h8,18H,4-7,9-16H2,1-3H3/b17-8+. The van der Waals surface area contributed by atoms with Gasteiger partial charge in [-0.05, 0) is 26.0 Å². The molecule has 5 nitrogen and oxygen atoms in total. The Hall–Kier alpha value is -0.620. The number of rotatable bonds is 3. The van der Waals surface area contributed by atoms with E-state index in [0.717, 1.165) is 57.7 Å². The van der Waals surface area contributed by atoms with E-state index in [9.17, 15) is 0 Å². The molecule has 1 aliphatic rings. The summed E-state index contributed by atoms with van der Waals surface area (Å²) in [4.78, 5) is 2.22. The Kier molecular flexibility index (Phi) is 12.2. The molecule has 0 saturated heterocycles. The molecule has 0 aromatic carbocycles. The number of hydrogen-bond donors (Lipinski definition) is 0. The number of hydrogen-bond acceptors (Lipinski definition) is 5. The molecule has 0 fully saturated rings. The average Bonchev–Trinajstić information content (AvgIpc) is 2.55. The minimum absolute atomic E-state index is 0.261. The smallest absolute Gasteiger partial charge is 0.100 e. The Morgan fingerprint density at radius 1 is 1.04 bits per heavy atom. The highest BCUT2D eigenvalue weighted by molar-refractivity contribution is 4.92. The van der Waals surface area contributed by atoms with Crippen molar-refractivity contribution in [2.75, 3.05) is 59.8 Å². The topological polar surface area (TPSA) is 40.2 Å². The third-order valence-electron chi connectivity index (χ3n) is 3.94. The normalized spacial score (nSPS) is 26.7. The number of allylic oxidation sites excluding steroid dienone is 1. The van der Waals surface area contributed by atoms with Crippen molar-refractivity contribution in [1.29, 1.82) is 0 Å². The van der Waals surface area contributed by atoms with Gasteiger partial charge in [0.1, 0.15) is 6.61 Å². The first-order valence-electron chi connectivity index (χ1n) is 9.03. The van der Waals surface area contributed by atoms with Crippen LogP contribution in [0.5, 0.6) is 0 Å². The van der Waals surface area contributed by atoms with E-state index in [1.807, 2.05) is 0 Å². The van der Waals surface area contributed by atoms with Gasteiger partial charge in [0, 0.05) is 26.1 Å². The first kappa shape index (κ1) is 20.4. The van der Waals surface area contributed by atoms with Gasteiger partial charge in [-0.25, -0.2) is 0 Å². The van der Waals surface area contributed by atoms with Crippen molar-refractivity contribution in [1.82, 2.24) is 4.90 Å². The fraction of sp³-hybridized carbons (Fsp3) is 0.889. The van der Waals surface area contributed by atoms with Gasteiger partial charge in [-0.3, -0.25) is 0 Å². The maximum atomic E-state index is 5.98. The van der Waals surface area contributed by atoms with Crippen molar-refractivity contribution in [3.8, 4) is 0 Å². The van der Waals surface area contributed by atoms with Crippen LogP contribution in [0, 0.1) is 0 Å². The predicted molar refractivity (Wildman–Crippen MR) is 92.7 cm³/mol. The lowest BCUT2D eigenvalue weighted by Crippen LogP contribution is -2.27. The zero-order chi connectivity index (χ0) is 16.8. The van der Waals surface area contributed by atoms with E-state index in [2.05, 4.69) is 31.9 Å². The molecule has 0 saturated carbocycles. The van der Waals surface area contributed by atoms with Gasteiger partial charge in [0.2, 0.25) is 0 Å².